The smallest absolute Gasteiger partial charge is 0.190 e. The van der Waals surface area contributed by atoms with Gasteiger partial charge in [0.15, 0.2) is 12.1 Å². The molecule has 21 heavy (non-hydrogen) atoms. The Hall–Kier alpha value is -0.280. The Labute approximate surface area is 125 Å². The van der Waals surface area contributed by atoms with Crippen molar-refractivity contribution in [2.45, 2.75) is 56.8 Å². The molecule has 2 heterocycles. The number of nitrogens with zero attached hydrogens (tertiary/aromatic N) is 1. The van der Waals surface area contributed by atoms with Crippen LogP contribution in [0.1, 0.15) is 20.3 Å². The lowest BCUT2D eigenvalue weighted by molar-refractivity contribution is -0.231. The number of fused-ring (bicyclic) bond motifs is 1. The monoisotopic (exact) mass is 305 g/mol. The molecule has 2 saturated heterocycles. The van der Waals surface area contributed by atoms with E-state index in [2.05, 4.69) is 4.90 Å². The predicted octanol–water partition coefficient (Wildman–Crippen LogP) is -0.447. The van der Waals surface area contributed by atoms with E-state index in [1.165, 1.54) is 0 Å². The molecule has 0 aromatic carbocycles. The Kier molecular flexibility index (Phi) is 5.59. The van der Waals surface area contributed by atoms with E-state index in [1.54, 1.807) is 0 Å². The van der Waals surface area contributed by atoms with Crippen LogP contribution in [0.5, 0.6) is 0 Å². The van der Waals surface area contributed by atoms with Gasteiger partial charge in [-0.15, -0.1) is 0 Å². The van der Waals surface area contributed by atoms with E-state index in [1.807, 2.05) is 27.9 Å². The molecule has 0 amide bonds. The van der Waals surface area contributed by atoms with Gasteiger partial charge in [0, 0.05) is 6.61 Å². The fraction of sp³-hybridized carbons (Fsp3) is 1.00. The second-order valence-electron chi connectivity index (χ2n) is 6.31. The Balaban J connectivity index is 1.94. The van der Waals surface area contributed by atoms with Crippen molar-refractivity contribution >= 4 is 0 Å². The van der Waals surface area contributed by atoms with Crippen LogP contribution in [0.25, 0.3) is 0 Å². The first-order valence-electron chi connectivity index (χ1n) is 7.40. The van der Waals surface area contributed by atoms with Crippen molar-refractivity contribution in [2.24, 2.45) is 0 Å². The van der Waals surface area contributed by atoms with E-state index in [-0.39, 0.29) is 12.7 Å². The maximum atomic E-state index is 9.88. The largest absolute Gasteiger partial charge is 0.394 e. The third kappa shape index (κ3) is 4.13. The molecule has 2 fully saturated rings. The van der Waals surface area contributed by atoms with Crippen molar-refractivity contribution in [3.8, 4) is 0 Å². The fourth-order valence-corrected chi connectivity index (χ4v) is 2.71. The molecule has 7 heteroatoms. The van der Waals surface area contributed by atoms with Gasteiger partial charge in [-0.25, -0.2) is 0 Å². The lowest BCUT2D eigenvalue weighted by Gasteiger charge is -2.28. The van der Waals surface area contributed by atoms with Crippen LogP contribution in [0.15, 0.2) is 0 Å². The molecular formula is C14H27NO6. The summed E-state index contributed by atoms with van der Waals surface area (Å²) in [5, 5.41) is 19.0. The summed E-state index contributed by atoms with van der Waals surface area (Å²) in [7, 11) is 4.01. The molecule has 7 nitrogen and oxygen atoms in total. The minimum absolute atomic E-state index is 0.384. The Morgan fingerprint density at radius 3 is 2.62 bits per heavy atom. The number of hydrogen-bond acceptors (Lipinski definition) is 7. The summed E-state index contributed by atoms with van der Waals surface area (Å²) in [5.74, 6) is -0.726. The van der Waals surface area contributed by atoms with Crippen LogP contribution in [-0.2, 0) is 18.9 Å². The van der Waals surface area contributed by atoms with Crippen molar-refractivity contribution < 1.29 is 29.2 Å². The Bertz CT molecular complexity index is 337. The minimum Gasteiger partial charge on any atom is -0.394 e. The number of rotatable bonds is 7. The topological polar surface area (TPSA) is 80.6 Å². The van der Waals surface area contributed by atoms with Gasteiger partial charge in [-0.05, 0) is 40.9 Å². The van der Waals surface area contributed by atoms with Gasteiger partial charge in [-0.1, -0.05) is 0 Å². The van der Waals surface area contributed by atoms with Gasteiger partial charge in [0.2, 0.25) is 0 Å². The molecule has 5 atom stereocenters. The van der Waals surface area contributed by atoms with Crippen LogP contribution < -0.4 is 0 Å². The van der Waals surface area contributed by atoms with Gasteiger partial charge in [0.25, 0.3) is 0 Å². The third-order valence-corrected chi connectivity index (χ3v) is 3.65. The van der Waals surface area contributed by atoms with Crippen LogP contribution >= 0.6 is 0 Å². The third-order valence-electron chi connectivity index (χ3n) is 3.65. The molecule has 0 aromatic heterocycles. The lowest BCUT2D eigenvalue weighted by atomic mass is 10.1. The molecule has 0 radical (unpaired) electrons. The normalized spacial score (nSPS) is 36.1. The number of ether oxygens (including phenoxy) is 4. The fourth-order valence-electron chi connectivity index (χ4n) is 2.71. The highest BCUT2D eigenvalue weighted by Gasteiger charge is 2.56. The van der Waals surface area contributed by atoms with E-state index >= 15 is 0 Å². The van der Waals surface area contributed by atoms with Gasteiger partial charge in [-0.3, -0.25) is 0 Å². The Morgan fingerprint density at radius 2 is 2.00 bits per heavy atom. The molecule has 0 saturated carbocycles. The number of aliphatic hydroxyl groups is 2. The molecule has 2 N–H and O–H groups in total. The zero-order valence-corrected chi connectivity index (χ0v) is 13.2. The molecule has 2 aliphatic heterocycles. The van der Waals surface area contributed by atoms with Crippen LogP contribution in [0.2, 0.25) is 0 Å². The summed E-state index contributed by atoms with van der Waals surface area (Å²) < 4.78 is 23.0. The summed E-state index contributed by atoms with van der Waals surface area (Å²) in [6.45, 7) is 4.70. The van der Waals surface area contributed by atoms with Crippen LogP contribution in [0, 0.1) is 0 Å². The first-order chi connectivity index (χ1) is 9.84. The second-order valence-corrected chi connectivity index (χ2v) is 6.31. The summed E-state index contributed by atoms with van der Waals surface area (Å²) >= 11 is 0. The van der Waals surface area contributed by atoms with Gasteiger partial charge in [-0.2, -0.15) is 0 Å². The SMILES string of the molecule is CN(C)CCCO[C@H]1C2OC(C)(C)O[C@H]2O[C@@H]1C(O)CO. The highest BCUT2D eigenvalue weighted by molar-refractivity contribution is 4.96. The van der Waals surface area contributed by atoms with Gasteiger partial charge >= 0.3 is 0 Å². The van der Waals surface area contributed by atoms with Crippen molar-refractivity contribution in [2.75, 3.05) is 33.9 Å². The zero-order chi connectivity index (χ0) is 15.6. The van der Waals surface area contributed by atoms with Crippen LogP contribution in [-0.4, -0.2) is 85.5 Å². The van der Waals surface area contributed by atoms with E-state index in [4.69, 9.17) is 24.1 Å². The maximum absolute atomic E-state index is 9.88. The van der Waals surface area contributed by atoms with E-state index in [0.29, 0.717) is 6.61 Å². The predicted molar refractivity (Wildman–Crippen MR) is 74.7 cm³/mol. The first-order valence-corrected chi connectivity index (χ1v) is 7.40. The van der Waals surface area contributed by atoms with Gasteiger partial charge in [0.1, 0.15) is 24.4 Å². The number of hydrogen-bond donors (Lipinski definition) is 2. The summed E-state index contributed by atoms with van der Waals surface area (Å²) in [6, 6.07) is 0. The quantitative estimate of drug-likeness (QED) is 0.617. The minimum atomic E-state index is -1.01. The van der Waals surface area contributed by atoms with Crippen molar-refractivity contribution in [1.82, 2.24) is 4.90 Å². The summed E-state index contributed by atoms with van der Waals surface area (Å²) in [4.78, 5) is 2.08. The molecule has 0 aliphatic carbocycles. The highest BCUT2D eigenvalue weighted by Crippen LogP contribution is 2.39. The molecule has 0 spiro atoms. The molecule has 124 valence electrons. The van der Waals surface area contributed by atoms with Gasteiger partial charge in [0.05, 0.1) is 6.61 Å². The van der Waals surface area contributed by atoms with Gasteiger partial charge < -0.3 is 34.1 Å². The highest BCUT2D eigenvalue weighted by atomic mass is 16.8. The average Bonchev–Trinajstić information content (AvgIpc) is 2.86. The molecule has 2 aliphatic rings. The Morgan fingerprint density at radius 1 is 1.29 bits per heavy atom. The summed E-state index contributed by atoms with van der Waals surface area (Å²) in [5.41, 5.74) is 0. The van der Waals surface area contributed by atoms with E-state index in [0.717, 1.165) is 13.0 Å². The van der Waals surface area contributed by atoms with E-state index < -0.39 is 30.4 Å². The van der Waals surface area contributed by atoms with Crippen molar-refractivity contribution in [3.05, 3.63) is 0 Å². The second kappa shape index (κ2) is 6.87. The molecule has 2 unspecified atom stereocenters. The summed E-state index contributed by atoms with van der Waals surface area (Å²) in [6.07, 6.45) is -2.17. The van der Waals surface area contributed by atoms with Crippen molar-refractivity contribution in [3.63, 3.8) is 0 Å². The molecule has 0 aromatic rings. The van der Waals surface area contributed by atoms with E-state index in [9.17, 15) is 5.11 Å². The number of aliphatic hydroxyl groups excluding tert-OH is 2. The molecule has 0 bridgehead atoms. The average molecular weight is 305 g/mol. The maximum Gasteiger partial charge on any atom is 0.190 e. The first kappa shape index (κ1) is 17.1. The van der Waals surface area contributed by atoms with Crippen LogP contribution in [0.4, 0.5) is 0 Å². The van der Waals surface area contributed by atoms with Crippen LogP contribution in [0.3, 0.4) is 0 Å². The molecule has 2 rings (SSSR count). The lowest BCUT2D eigenvalue weighted by Crippen LogP contribution is -2.44. The van der Waals surface area contributed by atoms with Crippen molar-refractivity contribution in [1.29, 1.82) is 0 Å². The molecular weight excluding hydrogens is 278 g/mol. The zero-order valence-electron chi connectivity index (χ0n) is 13.2. The standard InChI is InChI=1S/C14H27NO6/c1-14(2)20-12-11(18-7-5-6-15(3)4)10(9(17)8-16)19-13(12)21-14/h9-13,16-17H,5-8H2,1-4H3/t9?,10-,11-,12?,13-/m1/s1.